The molecule has 0 N–H and O–H groups in total. The molecule has 5 rings (SSSR count). The average molecular weight is 383 g/mol. The highest BCUT2D eigenvalue weighted by Crippen LogP contribution is 2.43. The molecule has 0 saturated heterocycles. The van der Waals surface area contributed by atoms with Crippen LogP contribution in [0.4, 0.5) is 0 Å². The Morgan fingerprint density at radius 2 is 1.69 bits per heavy atom. The van der Waals surface area contributed by atoms with Crippen molar-refractivity contribution in [3.8, 4) is 11.5 Å². The highest BCUT2D eigenvalue weighted by Gasteiger charge is 2.34. The zero-order chi connectivity index (χ0) is 19.8. The number of carbonyl (C=O) groups is 1. The second-order valence-corrected chi connectivity index (χ2v) is 7.38. The van der Waals surface area contributed by atoms with E-state index in [4.69, 9.17) is 9.47 Å². The number of rotatable bonds is 3. The van der Waals surface area contributed by atoms with Gasteiger partial charge in [-0.2, -0.15) is 0 Å². The molecule has 3 aromatic rings. The van der Waals surface area contributed by atoms with Crippen molar-refractivity contribution < 1.29 is 14.3 Å². The van der Waals surface area contributed by atoms with Gasteiger partial charge in [0.05, 0.1) is 11.1 Å². The maximum absolute atomic E-state index is 12.9. The van der Waals surface area contributed by atoms with Crippen LogP contribution in [-0.2, 0) is 6.54 Å². The molecular weight excluding hydrogens is 362 g/mol. The van der Waals surface area contributed by atoms with E-state index in [-0.39, 0.29) is 11.8 Å². The summed E-state index contributed by atoms with van der Waals surface area (Å²) in [5.41, 5.74) is 3.70. The number of ketones is 1. The third-order valence-electron chi connectivity index (χ3n) is 5.57. The third kappa shape index (κ3) is 3.22. The third-order valence-corrected chi connectivity index (χ3v) is 5.57. The van der Waals surface area contributed by atoms with E-state index in [1.807, 2.05) is 54.6 Å². The smallest absolute Gasteiger partial charge is 0.231 e. The van der Waals surface area contributed by atoms with Crippen LogP contribution in [0.25, 0.3) is 6.08 Å². The number of Topliss-reactive ketones (excluding diaryl/α,β-unsaturated/α-hetero) is 1. The SMILES string of the molecule is CC(c1ccccc1)N1COc2ccc3c(c2C1)O/C(=C\c1ccccc1)C3=O. The fourth-order valence-electron chi connectivity index (χ4n) is 3.87. The summed E-state index contributed by atoms with van der Waals surface area (Å²) < 4.78 is 12.1. The van der Waals surface area contributed by atoms with E-state index in [9.17, 15) is 4.79 Å². The molecule has 2 heterocycles. The summed E-state index contributed by atoms with van der Waals surface area (Å²) in [4.78, 5) is 15.1. The van der Waals surface area contributed by atoms with Gasteiger partial charge >= 0.3 is 0 Å². The zero-order valence-electron chi connectivity index (χ0n) is 16.2. The van der Waals surface area contributed by atoms with Crippen molar-refractivity contribution in [1.29, 1.82) is 0 Å². The molecule has 0 aromatic heterocycles. The van der Waals surface area contributed by atoms with Crippen LogP contribution in [0.1, 0.15) is 40.0 Å². The molecule has 144 valence electrons. The Bertz CT molecular complexity index is 1090. The molecular formula is C25H21NO3. The summed E-state index contributed by atoms with van der Waals surface area (Å²) in [6.45, 7) is 3.34. The van der Waals surface area contributed by atoms with Crippen molar-refractivity contribution >= 4 is 11.9 Å². The standard InChI is InChI=1S/C25H21NO3/c1-17(19-10-6-3-7-11-19)26-15-21-22(28-16-26)13-12-20-24(27)23(29-25(20)21)14-18-8-4-2-5-9-18/h2-14,17H,15-16H2,1H3/b23-14-. The molecule has 1 atom stereocenters. The van der Waals surface area contributed by atoms with Crippen LogP contribution in [0, 0.1) is 0 Å². The first-order chi connectivity index (χ1) is 14.2. The quantitative estimate of drug-likeness (QED) is 0.582. The van der Waals surface area contributed by atoms with E-state index in [0.717, 1.165) is 16.9 Å². The average Bonchev–Trinajstić information content (AvgIpc) is 3.10. The van der Waals surface area contributed by atoms with Gasteiger partial charge in [0.15, 0.2) is 5.76 Å². The van der Waals surface area contributed by atoms with E-state index < -0.39 is 0 Å². The predicted octanol–water partition coefficient (Wildman–Crippen LogP) is 5.22. The van der Waals surface area contributed by atoms with Gasteiger partial charge in [0, 0.05) is 12.6 Å². The van der Waals surface area contributed by atoms with Gasteiger partial charge in [-0.3, -0.25) is 9.69 Å². The minimum atomic E-state index is -0.0834. The summed E-state index contributed by atoms with van der Waals surface area (Å²) in [6.07, 6.45) is 1.79. The first-order valence-corrected chi connectivity index (χ1v) is 9.77. The Morgan fingerprint density at radius 3 is 2.45 bits per heavy atom. The number of hydrogen-bond donors (Lipinski definition) is 0. The second kappa shape index (κ2) is 7.22. The van der Waals surface area contributed by atoms with Gasteiger partial charge in [-0.25, -0.2) is 0 Å². The normalized spacial score (nSPS) is 18.0. The van der Waals surface area contributed by atoms with Gasteiger partial charge in [0.2, 0.25) is 5.78 Å². The van der Waals surface area contributed by atoms with Crippen LogP contribution in [0.15, 0.2) is 78.6 Å². The molecule has 2 aliphatic rings. The number of hydrogen-bond acceptors (Lipinski definition) is 4. The van der Waals surface area contributed by atoms with Crippen LogP contribution in [-0.4, -0.2) is 17.4 Å². The van der Waals surface area contributed by atoms with E-state index in [0.29, 0.717) is 30.3 Å². The van der Waals surface area contributed by atoms with Crippen molar-refractivity contribution in [3.63, 3.8) is 0 Å². The van der Waals surface area contributed by atoms with Gasteiger partial charge in [-0.15, -0.1) is 0 Å². The molecule has 0 fully saturated rings. The Kier molecular flexibility index (Phi) is 4.41. The van der Waals surface area contributed by atoms with Crippen LogP contribution in [0.5, 0.6) is 11.5 Å². The highest BCUT2D eigenvalue weighted by molar-refractivity contribution is 6.15. The Labute approximate surface area is 170 Å². The topological polar surface area (TPSA) is 38.8 Å². The Hall–Kier alpha value is -3.37. The van der Waals surface area contributed by atoms with E-state index in [1.165, 1.54) is 5.56 Å². The maximum atomic E-state index is 12.9. The molecule has 3 aromatic carbocycles. The van der Waals surface area contributed by atoms with Crippen molar-refractivity contribution in [2.24, 2.45) is 0 Å². The van der Waals surface area contributed by atoms with Crippen molar-refractivity contribution in [1.82, 2.24) is 4.90 Å². The molecule has 0 amide bonds. The monoisotopic (exact) mass is 383 g/mol. The summed E-state index contributed by atoms with van der Waals surface area (Å²) >= 11 is 0. The Morgan fingerprint density at radius 1 is 0.966 bits per heavy atom. The number of benzene rings is 3. The number of ether oxygens (including phenoxy) is 2. The van der Waals surface area contributed by atoms with Crippen molar-refractivity contribution in [2.45, 2.75) is 19.5 Å². The molecule has 29 heavy (non-hydrogen) atoms. The summed E-state index contributed by atoms with van der Waals surface area (Å²) in [7, 11) is 0. The number of nitrogens with zero attached hydrogens (tertiary/aromatic N) is 1. The first-order valence-electron chi connectivity index (χ1n) is 9.77. The lowest BCUT2D eigenvalue weighted by molar-refractivity contribution is 0.0606. The lowest BCUT2D eigenvalue weighted by atomic mass is 10.0. The summed E-state index contributed by atoms with van der Waals surface area (Å²) in [6, 6.07) is 24.0. The number of carbonyl (C=O) groups excluding carboxylic acids is 1. The molecule has 0 saturated carbocycles. The van der Waals surface area contributed by atoms with E-state index >= 15 is 0 Å². The van der Waals surface area contributed by atoms with Gasteiger partial charge in [0.25, 0.3) is 0 Å². The van der Waals surface area contributed by atoms with Crippen LogP contribution < -0.4 is 9.47 Å². The van der Waals surface area contributed by atoms with Crippen LogP contribution in [0.2, 0.25) is 0 Å². The van der Waals surface area contributed by atoms with Gasteiger partial charge < -0.3 is 9.47 Å². The second-order valence-electron chi connectivity index (χ2n) is 7.38. The fraction of sp³-hybridized carbons (Fsp3) is 0.160. The summed E-state index contributed by atoms with van der Waals surface area (Å²) in [5.74, 6) is 1.68. The zero-order valence-corrected chi connectivity index (χ0v) is 16.2. The van der Waals surface area contributed by atoms with Crippen LogP contribution in [0.3, 0.4) is 0 Å². The molecule has 4 nitrogen and oxygen atoms in total. The van der Waals surface area contributed by atoms with Crippen molar-refractivity contribution in [3.05, 3.63) is 101 Å². The molecule has 0 aliphatic carbocycles. The fourth-order valence-corrected chi connectivity index (χ4v) is 3.87. The predicted molar refractivity (Wildman–Crippen MR) is 112 cm³/mol. The largest absolute Gasteiger partial charge is 0.478 e. The minimum Gasteiger partial charge on any atom is -0.478 e. The maximum Gasteiger partial charge on any atom is 0.231 e. The van der Waals surface area contributed by atoms with E-state index in [2.05, 4.69) is 24.0 Å². The molecule has 4 heteroatoms. The summed E-state index contributed by atoms with van der Waals surface area (Å²) in [5, 5.41) is 0. The molecule has 0 radical (unpaired) electrons. The number of fused-ring (bicyclic) bond motifs is 3. The highest BCUT2D eigenvalue weighted by atomic mass is 16.5. The molecule has 0 spiro atoms. The van der Waals surface area contributed by atoms with E-state index in [1.54, 1.807) is 12.1 Å². The minimum absolute atomic E-state index is 0.0834. The lowest BCUT2D eigenvalue weighted by Crippen LogP contribution is -2.34. The first kappa shape index (κ1) is 17.7. The van der Waals surface area contributed by atoms with Crippen molar-refractivity contribution in [2.75, 3.05) is 6.73 Å². The number of allylic oxidation sites excluding steroid dienone is 1. The molecule has 0 bridgehead atoms. The Balaban J connectivity index is 1.46. The van der Waals surface area contributed by atoms with Gasteiger partial charge in [-0.05, 0) is 36.3 Å². The molecule has 1 unspecified atom stereocenters. The molecule has 2 aliphatic heterocycles. The van der Waals surface area contributed by atoms with Gasteiger partial charge in [-0.1, -0.05) is 60.7 Å². The van der Waals surface area contributed by atoms with Crippen LogP contribution >= 0.6 is 0 Å². The lowest BCUT2D eigenvalue weighted by Gasteiger charge is -2.34. The van der Waals surface area contributed by atoms with Gasteiger partial charge in [0.1, 0.15) is 18.2 Å².